The molecule has 1 aromatic heterocycles. The van der Waals surface area contributed by atoms with Crippen LogP contribution < -0.4 is 10.1 Å². The van der Waals surface area contributed by atoms with Gasteiger partial charge in [0.1, 0.15) is 5.75 Å². The zero-order chi connectivity index (χ0) is 16.8. The van der Waals surface area contributed by atoms with Crippen LogP contribution in [0.15, 0.2) is 30.6 Å². The maximum absolute atomic E-state index is 12.0. The van der Waals surface area contributed by atoms with Crippen molar-refractivity contribution in [1.29, 1.82) is 0 Å². The number of carboxylic acids is 1. The molecule has 0 saturated heterocycles. The summed E-state index contributed by atoms with van der Waals surface area (Å²) in [5.41, 5.74) is 2.50. The largest absolute Gasteiger partial charge is 0.482 e. The minimum atomic E-state index is -1.03. The molecule has 2 rings (SSSR count). The summed E-state index contributed by atoms with van der Waals surface area (Å²) < 4.78 is 6.80. The molecule has 0 aliphatic carbocycles. The molecule has 7 heteroatoms. The van der Waals surface area contributed by atoms with E-state index in [1.54, 1.807) is 29.1 Å². The molecular weight excluding hydrogens is 298 g/mol. The van der Waals surface area contributed by atoms with Gasteiger partial charge in [-0.25, -0.2) is 4.79 Å². The van der Waals surface area contributed by atoms with Gasteiger partial charge < -0.3 is 15.2 Å². The molecule has 0 saturated carbocycles. The van der Waals surface area contributed by atoms with Crippen LogP contribution in [0, 0.1) is 6.92 Å². The zero-order valence-corrected chi connectivity index (χ0v) is 13.1. The number of nitrogens with zero attached hydrogens (tertiary/aromatic N) is 2. The topological polar surface area (TPSA) is 93.4 Å². The Hall–Kier alpha value is -2.83. The molecular formula is C16H19N3O4. The number of aromatic nitrogens is 2. The predicted octanol–water partition coefficient (Wildman–Crippen LogP) is 1.76. The third kappa shape index (κ3) is 5.14. The van der Waals surface area contributed by atoms with E-state index in [-0.39, 0.29) is 5.91 Å². The van der Waals surface area contributed by atoms with Crippen LogP contribution in [0.1, 0.15) is 17.5 Å². The van der Waals surface area contributed by atoms with E-state index < -0.39 is 12.6 Å². The standard InChI is InChI=1S/C16H19N3O4/c1-11-7-13(23-10-16(21)22)4-5-14(11)18-15(20)6-3-12-8-17-19(2)9-12/h4-5,7-9H,3,6,10H2,1-2H3,(H,18,20)(H,21,22). The van der Waals surface area contributed by atoms with E-state index >= 15 is 0 Å². The lowest BCUT2D eigenvalue weighted by Crippen LogP contribution is -2.13. The second kappa shape index (κ2) is 7.44. The first-order valence-corrected chi connectivity index (χ1v) is 7.16. The van der Waals surface area contributed by atoms with Crippen molar-refractivity contribution in [2.45, 2.75) is 19.8 Å². The maximum Gasteiger partial charge on any atom is 0.341 e. The van der Waals surface area contributed by atoms with Crippen molar-refractivity contribution in [2.75, 3.05) is 11.9 Å². The minimum Gasteiger partial charge on any atom is -0.482 e. The highest BCUT2D eigenvalue weighted by Crippen LogP contribution is 2.21. The number of hydrogen-bond donors (Lipinski definition) is 2. The molecule has 0 fully saturated rings. The lowest BCUT2D eigenvalue weighted by Gasteiger charge is -2.10. The van der Waals surface area contributed by atoms with Gasteiger partial charge in [-0.2, -0.15) is 5.10 Å². The van der Waals surface area contributed by atoms with Gasteiger partial charge in [0.15, 0.2) is 6.61 Å². The van der Waals surface area contributed by atoms with Crippen molar-refractivity contribution in [3.8, 4) is 5.75 Å². The average Bonchev–Trinajstić information content (AvgIpc) is 2.91. The number of aliphatic carboxylic acids is 1. The van der Waals surface area contributed by atoms with Gasteiger partial charge in [-0.1, -0.05) is 0 Å². The summed E-state index contributed by atoms with van der Waals surface area (Å²) in [6.07, 6.45) is 4.61. The van der Waals surface area contributed by atoms with E-state index in [0.29, 0.717) is 24.3 Å². The number of hydrogen-bond acceptors (Lipinski definition) is 4. The Morgan fingerprint density at radius 3 is 2.78 bits per heavy atom. The van der Waals surface area contributed by atoms with Crippen molar-refractivity contribution in [3.05, 3.63) is 41.7 Å². The summed E-state index contributed by atoms with van der Waals surface area (Å²) in [7, 11) is 1.83. The van der Waals surface area contributed by atoms with Crippen LogP contribution in [0.3, 0.4) is 0 Å². The van der Waals surface area contributed by atoms with Crippen LogP contribution in [0.25, 0.3) is 0 Å². The van der Waals surface area contributed by atoms with Crippen molar-refractivity contribution >= 4 is 17.6 Å². The number of carbonyl (C=O) groups is 2. The molecule has 0 unspecified atom stereocenters. The molecule has 2 aromatic rings. The summed E-state index contributed by atoms with van der Waals surface area (Å²) in [5.74, 6) is -0.662. The van der Waals surface area contributed by atoms with Crippen molar-refractivity contribution in [3.63, 3.8) is 0 Å². The Morgan fingerprint density at radius 2 is 2.17 bits per heavy atom. The third-order valence-electron chi connectivity index (χ3n) is 3.23. The monoisotopic (exact) mass is 317 g/mol. The summed E-state index contributed by atoms with van der Waals surface area (Å²) in [6, 6.07) is 5.03. The van der Waals surface area contributed by atoms with Crippen LogP contribution in [0.2, 0.25) is 0 Å². The highest BCUT2D eigenvalue weighted by Gasteiger charge is 2.08. The van der Waals surface area contributed by atoms with Gasteiger partial charge >= 0.3 is 5.97 Å². The molecule has 23 heavy (non-hydrogen) atoms. The predicted molar refractivity (Wildman–Crippen MR) is 84.5 cm³/mol. The van der Waals surface area contributed by atoms with Gasteiger partial charge in [0.25, 0.3) is 0 Å². The summed E-state index contributed by atoms with van der Waals surface area (Å²) in [5, 5.41) is 15.5. The molecule has 2 N–H and O–H groups in total. The van der Waals surface area contributed by atoms with Crippen LogP contribution in [0.4, 0.5) is 5.69 Å². The molecule has 1 heterocycles. The highest BCUT2D eigenvalue weighted by molar-refractivity contribution is 5.91. The quantitative estimate of drug-likeness (QED) is 0.811. The smallest absolute Gasteiger partial charge is 0.341 e. The molecule has 1 aromatic carbocycles. The van der Waals surface area contributed by atoms with Gasteiger partial charge in [-0.3, -0.25) is 9.48 Å². The van der Waals surface area contributed by atoms with Crippen LogP contribution in [-0.4, -0.2) is 33.4 Å². The summed E-state index contributed by atoms with van der Waals surface area (Å²) >= 11 is 0. The number of aryl methyl sites for hydroxylation is 3. The second-order valence-corrected chi connectivity index (χ2v) is 5.23. The van der Waals surface area contributed by atoms with Crippen LogP contribution in [0.5, 0.6) is 5.75 Å². The number of amides is 1. The zero-order valence-electron chi connectivity index (χ0n) is 13.1. The molecule has 0 spiro atoms. The molecule has 0 atom stereocenters. The Balaban J connectivity index is 1.88. The summed E-state index contributed by atoms with van der Waals surface area (Å²) in [4.78, 5) is 22.5. The fourth-order valence-electron chi connectivity index (χ4n) is 2.08. The lowest BCUT2D eigenvalue weighted by molar-refractivity contribution is -0.139. The van der Waals surface area contributed by atoms with E-state index in [2.05, 4.69) is 10.4 Å². The van der Waals surface area contributed by atoms with E-state index in [0.717, 1.165) is 11.1 Å². The van der Waals surface area contributed by atoms with Gasteiger partial charge in [-0.15, -0.1) is 0 Å². The number of nitrogens with one attached hydrogen (secondary N) is 1. The highest BCUT2D eigenvalue weighted by atomic mass is 16.5. The third-order valence-corrected chi connectivity index (χ3v) is 3.23. The maximum atomic E-state index is 12.0. The van der Waals surface area contributed by atoms with Crippen molar-refractivity contribution in [2.24, 2.45) is 7.05 Å². The van der Waals surface area contributed by atoms with Gasteiger partial charge in [0.2, 0.25) is 5.91 Å². The van der Waals surface area contributed by atoms with Gasteiger partial charge in [0.05, 0.1) is 6.20 Å². The first-order valence-electron chi connectivity index (χ1n) is 7.16. The molecule has 0 radical (unpaired) electrons. The van der Waals surface area contributed by atoms with E-state index in [1.807, 2.05) is 20.2 Å². The number of ether oxygens (including phenoxy) is 1. The number of anilines is 1. The molecule has 122 valence electrons. The first-order chi connectivity index (χ1) is 10.9. The second-order valence-electron chi connectivity index (χ2n) is 5.23. The number of rotatable bonds is 7. The van der Waals surface area contributed by atoms with Crippen molar-refractivity contribution in [1.82, 2.24) is 9.78 Å². The van der Waals surface area contributed by atoms with Gasteiger partial charge in [-0.05, 0) is 42.7 Å². The lowest BCUT2D eigenvalue weighted by atomic mass is 10.1. The minimum absolute atomic E-state index is 0.0869. The van der Waals surface area contributed by atoms with Crippen LogP contribution in [-0.2, 0) is 23.1 Å². The van der Waals surface area contributed by atoms with E-state index in [9.17, 15) is 9.59 Å². The molecule has 1 amide bonds. The average molecular weight is 317 g/mol. The molecule has 0 bridgehead atoms. The molecule has 7 nitrogen and oxygen atoms in total. The van der Waals surface area contributed by atoms with E-state index in [1.165, 1.54) is 0 Å². The van der Waals surface area contributed by atoms with E-state index in [4.69, 9.17) is 9.84 Å². The van der Waals surface area contributed by atoms with Crippen LogP contribution >= 0.6 is 0 Å². The normalized spacial score (nSPS) is 10.3. The Kier molecular flexibility index (Phi) is 5.35. The number of benzene rings is 1. The number of carbonyl (C=O) groups excluding carboxylic acids is 1. The van der Waals surface area contributed by atoms with Crippen molar-refractivity contribution < 1.29 is 19.4 Å². The Bertz CT molecular complexity index is 709. The Morgan fingerprint density at radius 1 is 1.39 bits per heavy atom. The Labute approximate surface area is 133 Å². The van der Waals surface area contributed by atoms with Gasteiger partial charge in [0, 0.05) is 25.4 Å². The first kappa shape index (κ1) is 16.5. The summed E-state index contributed by atoms with van der Waals surface area (Å²) in [6.45, 7) is 1.43. The molecule has 0 aliphatic heterocycles. The SMILES string of the molecule is Cc1cc(OCC(=O)O)ccc1NC(=O)CCc1cnn(C)c1. The fourth-order valence-corrected chi connectivity index (χ4v) is 2.08. The fraction of sp³-hybridized carbons (Fsp3) is 0.312. The molecule has 0 aliphatic rings. The number of carboxylic acid groups (broad SMARTS) is 1.